The van der Waals surface area contributed by atoms with E-state index in [9.17, 15) is 9.59 Å². The first-order valence-corrected chi connectivity index (χ1v) is 10.1. The van der Waals surface area contributed by atoms with Crippen LogP contribution in [0.4, 0.5) is 10.6 Å². The van der Waals surface area contributed by atoms with Crippen LogP contribution in [-0.4, -0.2) is 76.7 Å². The van der Waals surface area contributed by atoms with E-state index in [1.165, 1.54) is 5.56 Å². The maximum atomic E-state index is 12.5. The van der Waals surface area contributed by atoms with E-state index in [1.54, 1.807) is 4.90 Å². The molecule has 28 heavy (non-hydrogen) atoms. The SMILES string of the molecule is CC1(C)CN(C(=O)NCCCc2ccc3c(n2)NCCC3)CCN1CC(=O)O. The molecule has 0 saturated carbocycles. The number of carboxylic acid groups (broad SMARTS) is 1. The third-order valence-electron chi connectivity index (χ3n) is 5.52. The van der Waals surface area contributed by atoms with Gasteiger partial charge in [-0.3, -0.25) is 9.69 Å². The number of amides is 2. The number of aromatic nitrogens is 1. The number of carbonyl (C=O) groups excluding carboxylic acids is 1. The molecule has 1 saturated heterocycles. The number of aryl methyl sites for hydroxylation is 2. The molecule has 3 N–H and O–H groups in total. The quantitative estimate of drug-likeness (QED) is 0.639. The number of pyridine rings is 1. The molecule has 8 nitrogen and oxygen atoms in total. The molecule has 0 bridgehead atoms. The number of fused-ring (bicyclic) bond motifs is 1. The van der Waals surface area contributed by atoms with Crippen LogP contribution in [0.3, 0.4) is 0 Å². The van der Waals surface area contributed by atoms with Crippen molar-refractivity contribution in [2.45, 2.75) is 45.1 Å². The number of rotatable bonds is 6. The van der Waals surface area contributed by atoms with Crippen molar-refractivity contribution in [3.8, 4) is 0 Å². The van der Waals surface area contributed by atoms with Gasteiger partial charge >= 0.3 is 12.0 Å². The third kappa shape index (κ3) is 5.13. The molecule has 0 unspecified atom stereocenters. The Morgan fingerprint density at radius 1 is 1.32 bits per heavy atom. The topological polar surface area (TPSA) is 97.8 Å². The zero-order valence-electron chi connectivity index (χ0n) is 16.8. The van der Waals surface area contributed by atoms with Crippen LogP contribution in [-0.2, 0) is 17.6 Å². The number of urea groups is 1. The molecule has 0 radical (unpaired) electrons. The number of hydrogen-bond acceptors (Lipinski definition) is 5. The second-order valence-electron chi connectivity index (χ2n) is 8.23. The molecule has 3 heterocycles. The van der Waals surface area contributed by atoms with E-state index in [4.69, 9.17) is 5.11 Å². The third-order valence-corrected chi connectivity index (χ3v) is 5.52. The lowest BCUT2D eigenvalue weighted by Crippen LogP contribution is -2.62. The Bertz CT molecular complexity index is 722. The number of aliphatic carboxylic acids is 1. The van der Waals surface area contributed by atoms with E-state index in [0.29, 0.717) is 26.2 Å². The monoisotopic (exact) mass is 389 g/mol. The molecule has 1 aromatic heterocycles. The molecule has 154 valence electrons. The fourth-order valence-electron chi connectivity index (χ4n) is 3.90. The Kier molecular flexibility index (Phi) is 6.39. The van der Waals surface area contributed by atoms with Crippen LogP contribution in [0.1, 0.15) is 37.9 Å². The summed E-state index contributed by atoms with van der Waals surface area (Å²) in [6, 6.07) is 4.15. The lowest BCUT2D eigenvalue weighted by Gasteiger charge is -2.46. The highest BCUT2D eigenvalue weighted by Gasteiger charge is 2.36. The maximum absolute atomic E-state index is 12.5. The first kappa shape index (κ1) is 20.4. The van der Waals surface area contributed by atoms with Crippen LogP contribution in [0.15, 0.2) is 12.1 Å². The van der Waals surface area contributed by atoms with Gasteiger partial charge in [0.05, 0.1) is 6.54 Å². The zero-order chi connectivity index (χ0) is 20.1. The standard InChI is InChI=1S/C20H31N5O3/c1-20(2)14-24(11-12-25(20)13-17(26)27)19(28)22-10-4-6-16-8-7-15-5-3-9-21-18(15)23-16/h7-8H,3-6,9-14H2,1-2H3,(H,21,23)(H,22,28)(H,26,27). The molecule has 3 rings (SSSR count). The van der Waals surface area contributed by atoms with Crippen LogP contribution < -0.4 is 10.6 Å². The Labute approximate surface area is 166 Å². The van der Waals surface area contributed by atoms with Crippen molar-refractivity contribution in [3.05, 3.63) is 23.4 Å². The van der Waals surface area contributed by atoms with Crippen molar-refractivity contribution in [2.75, 3.05) is 44.6 Å². The molecule has 0 atom stereocenters. The molecular formula is C20H31N5O3. The highest BCUT2D eigenvalue weighted by Crippen LogP contribution is 2.21. The fraction of sp³-hybridized carbons (Fsp3) is 0.650. The number of piperazine rings is 1. The largest absolute Gasteiger partial charge is 0.480 e. The lowest BCUT2D eigenvalue weighted by molar-refractivity contribution is -0.140. The Hall–Kier alpha value is -2.35. The number of hydrogen-bond donors (Lipinski definition) is 3. The number of carboxylic acids is 1. The predicted octanol–water partition coefficient (Wildman–Crippen LogP) is 1.56. The van der Waals surface area contributed by atoms with Gasteiger partial charge in [-0.15, -0.1) is 0 Å². The van der Waals surface area contributed by atoms with Crippen LogP contribution in [0, 0.1) is 0 Å². The van der Waals surface area contributed by atoms with E-state index >= 15 is 0 Å². The van der Waals surface area contributed by atoms with Gasteiger partial charge in [-0.05, 0) is 51.2 Å². The van der Waals surface area contributed by atoms with Gasteiger partial charge in [-0.1, -0.05) is 6.07 Å². The van der Waals surface area contributed by atoms with Gasteiger partial charge in [0.2, 0.25) is 0 Å². The first-order valence-electron chi connectivity index (χ1n) is 10.1. The summed E-state index contributed by atoms with van der Waals surface area (Å²) in [6.07, 6.45) is 3.90. The Balaban J connectivity index is 1.42. The lowest BCUT2D eigenvalue weighted by atomic mass is 9.99. The fourth-order valence-corrected chi connectivity index (χ4v) is 3.90. The number of carbonyl (C=O) groups is 2. The molecule has 1 aromatic rings. The molecule has 2 amide bonds. The second-order valence-corrected chi connectivity index (χ2v) is 8.23. The Morgan fingerprint density at radius 2 is 2.14 bits per heavy atom. The van der Waals surface area contributed by atoms with E-state index < -0.39 is 5.97 Å². The molecule has 1 fully saturated rings. The van der Waals surface area contributed by atoms with E-state index in [2.05, 4.69) is 27.8 Å². The predicted molar refractivity (Wildman–Crippen MR) is 108 cm³/mol. The summed E-state index contributed by atoms with van der Waals surface area (Å²) in [6.45, 7) is 7.17. The van der Waals surface area contributed by atoms with Crippen molar-refractivity contribution >= 4 is 17.8 Å². The molecule has 8 heteroatoms. The molecular weight excluding hydrogens is 358 g/mol. The molecule has 2 aliphatic rings. The van der Waals surface area contributed by atoms with Gasteiger partial charge in [0.25, 0.3) is 0 Å². The molecule has 0 spiro atoms. The van der Waals surface area contributed by atoms with Crippen molar-refractivity contribution in [3.63, 3.8) is 0 Å². The average Bonchev–Trinajstić information content (AvgIpc) is 2.66. The molecule has 2 aliphatic heterocycles. The van der Waals surface area contributed by atoms with E-state index in [1.807, 2.05) is 18.7 Å². The zero-order valence-corrected chi connectivity index (χ0v) is 16.8. The highest BCUT2D eigenvalue weighted by molar-refractivity contribution is 5.74. The highest BCUT2D eigenvalue weighted by atomic mass is 16.4. The number of nitrogens with zero attached hydrogens (tertiary/aromatic N) is 3. The van der Waals surface area contributed by atoms with Crippen molar-refractivity contribution in [1.82, 2.24) is 20.1 Å². The molecule has 0 aromatic carbocycles. The van der Waals surface area contributed by atoms with Gasteiger partial charge in [0.1, 0.15) is 5.82 Å². The van der Waals surface area contributed by atoms with Crippen LogP contribution in [0.2, 0.25) is 0 Å². The normalized spacial score (nSPS) is 18.9. The minimum atomic E-state index is -0.836. The van der Waals surface area contributed by atoms with Crippen molar-refractivity contribution < 1.29 is 14.7 Å². The number of anilines is 1. The minimum Gasteiger partial charge on any atom is -0.480 e. The van der Waals surface area contributed by atoms with Crippen molar-refractivity contribution in [2.24, 2.45) is 0 Å². The van der Waals surface area contributed by atoms with E-state index in [-0.39, 0.29) is 18.1 Å². The van der Waals surface area contributed by atoms with E-state index in [0.717, 1.165) is 43.7 Å². The van der Waals surface area contributed by atoms with Gasteiger partial charge in [-0.2, -0.15) is 0 Å². The summed E-state index contributed by atoms with van der Waals surface area (Å²) >= 11 is 0. The summed E-state index contributed by atoms with van der Waals surface area (Å²) < 4.78 is 0. The summed E-state index contributed by atoms with van der Waals surface area (Å²) in [5, 5.41) is 15.4. The van der Waals surface area contributed by atoms with Gasteiger partial charge in [0.15, 0.2) is 0 Å². The smallest absolute Gasteiger partial charge is 0.317 e. The minimum absolute atomic E-state index is 0.00505. The number of nitrogens with one attached hydrogen (secondary N) is 2. The molecule has 0 aliphatic carbocycles. The van der Waals surface area contributed by atoms with Gasteiger partial charge < -0.3 is 20.6 Å². The summed E-state index contributed by atoms with van der Waals surface area (Å²) in [5.74, 6) is 0.172. The van der Waals surface area contributed by atoms with Crippen LogP contribution in [0.5, 0.6) is 0 Å². The van der Waals surface area contributed by atoms with Crippen LogP contribution >= 0.6 is 0 Å². The summed E-state index contributed by atoms with van der Waals surface area (Å²) in [5.41, 5.74) is 1.98. The summed E-state index contributed by atoms with van der Waals surface area (Å²) in [7, 11) is 0. The van der Waals surface area contributed by atoms with Gasteiger partial charge in [-0.25, -0.2) is 9.78 Å². The van der Waals surface area contributed by atoms with Crippen molar-refractivity contribution in [1.29, 1.82) is 0 Å². The first-order chi connectivity index (χ1) is 13.3. The Morgan fingerprint density at radius 3 is 2.89 bits per heavy atom. The second kappa shape index (κ2) is 8.77. The average molecular weight is 390 g/mol. The van der Waals surface area contributed by atoms with Crippen LogP contribution in [0.25, 0.3) is 0 Å². The summed E-state index contributed by atoms with van der Waals surface area (Å²) in [4.78, 5) is 31.8. The van der Waals surface area contributed by atoms with Gasteiger partial charge in [0, 0.05) is 44.0 Å². The maximum Gasteiger partial charge on any atom is 0.317 e.